The maximum absolute atomic E-state index is 5.79. The molecule has 0 heterocycles. The zero-order valence-corrected chi connectivity index (χ0v) is 10.3. The Hall–Kier alpha value is -0.200. The summed E-state index contributed by atoms with van der Waals surface area (Å²) in [5.41, 5.74) is 5.99. The van der Waals surface area contributed by atoms with Gasteiger partial charge in [-0.1, -0.05) is 23.2 Å². The first-order chi connectivity index (χ1) is 5.65. The van der Waals surface area contributed by atoms with E-state index in [4.69, 9.17) is 34.8 Å². The van der Waals surface area contributed by atoms with Gasteiger partial charge in [0.15, 0.2) is 5.84 Å². The molecule has 6 heteroatoms. The summed E-state index contributed by atoms with van der Waals surface area (Å²) in [6, 6.07) is 4.91. The van der Waals surface area contributed by atoms with Gasteiger partial charge in [-0.05, 0) is 18.2 Å². The molecule has 1 aromatic rings. The van der Waals surface area contributed by atoms with Gasteiger partial charge < -0.3 is 11.6 Å². The summed E-state index contributed by atoms with van der Waals surface area (Å²) in [5, 5.41) is 4.33. The van der Waals surface area contributed by atoms with Crippen molar-refractivity contribution < 1.29 is 0 Å². The molecular weight excluding hydrogens is 324 g/mol. The molecule has 0 aliphatic heterocycles. The lowest BCUT2D eigenvalue weighted by Gasteiger charge is -2.01. The maximum Gasteiger partial charge on any atom is 0.151 e. The molecule has 0 unspecified atom stereocenters. The van der Waals surface area contributed by atoms with E-state index < -0.39 is 0 Å². The van der Waals surface area contributed by atoms with Gasteiger partial charge in [0, 0.05) is 10.6 Å². The van der Waals surface area contributed by atoms with Crippen LogP contribution in [0, 0.1) is 0 Å². The van der Waals surface area contributed by atoms with Gasteiger partial charge in [0.25, 0.3) is 0 Å². The second kappa shape index (κ2) is 5.51. The number of amidine groups is 1. The van der Waals surface area contributed by atoms with Crippen molar-refractivity contribution >= 4 is 53.0 Å². The summed E-state index contributed by atoms with van der Waals surface area (Å²) in [6.07, 6.45) is 0. The van der Waals surface area contributed by atoms with Gasteiger partial charge in [-0.2, -0.15) is 5.10 Å². The molecule has 0 saturated heterocycles. The Morgan fingerprint density at radius 2 is 1.92 bits per heavy atom. The van der Waals surface area contributed by atoms with Crippen molar-refractivity contribution in [2.45, 2.75) is 0 Å². The quantitative estimate of drug-likeness (QED) is 0.272. The lowest BCUT2D eigenvalue weighted by molar-refractivity contribution is 1.23. The normalized spacial score (nSPS) is 10.8. The van der Waals surface area contributed by atoms with Gasteiger partial charge in [-0.3, -0.25) is 0 Å². The van der Waals surface area contributed by atoms with Crippen LogP contribution in [-0.2, 0) is 0 Å². The van der Waals surface area contributed by atoms with E-state index in [0.717, 1.165) is 0 Å². The summed E-state index contributed by atoms with van der Waals surface area (Å²) >= 11 is 11.5. The van der Waals surface area contributed by atoms with Crippen LogP contribution in [-0.4, -0.2) is 5.84 Å². The number of nitrogens with zero attached hydrogens (tertiary/aromatic N) is 1. The Balaban J connectivity index is 0.00000144. The molecule has 13 heavy (non-hydrogen) atoms. The molecule has 0 saturated carbocycles. The van der Waals surface area contributed by atoms with Crippen molar-refractivity contribution in [3.63, 3.8) is 0 Å². The Bertz CT molecular complexity index is 328. The Labute approximate surface area is 103 Å². The smallest absolute Gasteiger partial charge is 0.151 e. The third kappa shape index (κ3) is 3.21. The van der Waals surface area contributed by atoms with Crippen LogP contribution in [0.1, 0.15) is 5.56 Å². The summed E-state index contributed by atoms with van der Waals surface area (Å²) in [7, 11) is 0. The van der Waals surface area contributed by atoms with Crippen LogP contribution < -0.4 is 11.6 Å². The summed E-state index contributed by atoms with van der Waals surface area (Å²) in [4.78, 5) is 0. The maximum atomic E-state index is 5.79. The third-order valence-electron chi connectivity index (χ3n) is 1.34. The molecule has 0 aliphatic carbocycles. The first kappa shape index (κ1) is 12.8. The number of hydrogen-bond acceptors (Lipinski definition) is 2. The van der Waals surface area contributed by atoms with Crippen LogP contribution >= 0.6 is 47.2 Å². The van der Waals surface area contributed by atoms with Crippen molar-refractivity contribution in [3.05, 3.63) is 33.8 Å². The van der Waals surface area contributed by atoms with Crippen molar-refractivity contribution in [1.82, 2.24) is 0 Å². The fourth-order valence-electron chi connectivity index (χ4n) is 0.763. The molecular formula is C7H8Cl2IN3. The zero-order valence-electron chi connectivity index (χ0n) is 6.50. The van der Waals surface area contributed by atoms with Gasteiger partial charge in [0.1, 0.15) is 0 Å². The number of hydrogen-bond donors (Lipinski definition) is 2. The average Bonchev–Trinajstić information content (AvgIpc) is 2.08. The second-order valence-electron chi connectivity index (χ2n) is 2.14. The van der Waals surface area contributed by atoms with Crippen molar-refractivity contribution in [1.29, 1.82) is 0 Å². The predicted octanol–water partition coefficient (Wildman–Crippen LogP) is 2.19. The first-order valence-corrected chi connectivity index (χ1v) is 3.89. The monoisotopic (exact) mass is 331 g/mol. The summed E-state index contributed by atoms with van der Waals surface area (Å²) < 4.78 is 0. The molecule has 3 nitrogen and oxygen atoms in total. The van der Waals surface area contributed by atoms with E-state index in [2.05, 4.69) is 5.10 Å². The van der Waals surface area contributed by atoms with E-state index in [1.54, 1.807) is 18.2 Å². The van der Waals surface area contributed by atoms with Crippen LogP contribution in [0.2, 0.25) is 10.0 Å². The topological polar surface area (TPSA) is 64.4 Å². The number of benzene rings is 1. The lowest BCUT2D eigenvalue weighted by Crippen LogP contribution is -2.15. The highest BCUT2D eigenvalue weighted by molar-refractivity contribution is 14.0. The number of nitrogens with two attached hydrogens (primary N) is 2. The van der Waals surface area contributed by atoms with E-state index in [0.29, 0.717) is 15.6 Å². The van der Waals surface area contributed by atoms with Gasteiger partial charge in [0.05, 0.1) is 5.02 Å². The molecule has 0 aliphatic rings. The van der Waals surface area contributed by atoms with Gasteiger partial charge >= 0.3 is 0 Å². The minimum absolute atomic E-state index is 0. The molecule has 0 atom stereocenters. The van der Waals surface area contributed by atoms with Crippen molar-refractivity contribution in [2.75, 3.05) is 0 Å². The molecule has 0 bridgehead atoms. The Morgan fingerprint density at radius 3 is 2.46 bits per heavy atom. The largest absolute Gasteiger partial charge is 0.382 e. The number of hydrazone groups is 1. The molecule has 0 fully saturated rings. The molecule has 0 radical (unpaired) electrons. The van der Waals surface area contributed by atoms with E-state index in [-0.39, 0.29) is 29.8 Å². The van der Waals surface area contributed by atoms with Gasteiger partial charge in [0.2, 0.25) is 0 Å². The molecule has 72 valence electrons. The van der Waals surface area contributed by atoms with E-state index in [1.165, 1.54) is 0 Å². The van der Waals surface area contributed by atoms with E-state index in [1.807, 2.05) is 0 Å². The summed E-state index contributed by atoms with van der Waals surface area (Å²) in [6.45, 7) is 0. The molecule has 4 N–H and O–H groups in total. The molecule has 0 amide bonds. The minimum Gasteiger partial charge on any atom is -0.382 e. The highest BCUT2D eigenvalue weighted by atomic mass is 127. The molecule has 1 aromatic carbocycles. The highest BCUT2D eigenvalue weighted by Crippen LogP contribution is 2.19. The fourth-order valence-corrected chi connectivity index (χ4v) is 1.15. The predicted molar refractivity (Wildman–Crippen MR) is 66.8 cm³/mol. The first-order valence-electron chi connectivity index (χ1n) is 3.14. The Morgan fingerprint density at radius 1 is 1.31 bits per heavy atom. The summed E-state index contributed by atoms with van der Waals surface area (Å²) in [5.74, 6) is 5.15. The van der Waals surface area contributed by atoms with Crippen LogP contribution in [0.25, 0.3) is 0 Å². The molecule has 0 aromatic heterocycles. The Kier molecular flexibility index (Phi) is 5.43. The van der Waals surface area contributed by atoms with Crippen LogP contribution in [0.5, 0.6) is 0 Å². The van der Waals surface area contributed by atoms with E-state index in [9.17, 15) is 0 Å². The van der Waals surface area contributed by atoms with Gasteiger partial charge in [-0.15, -0.1) is 24.0 Å². The molecule has 0 spiro atoms. The standard InChI is InChI=1S/C7H7Cl2N3.HI/c8-4-1-2-6(9)5(3-4)7(10)12-11;/h1-3H,11H2,(H2,10,12);1H. The van der Waals surface area contributed by atoms with Gasteiger partial charge in [-0.25, -0.2) is 0 Å². The average molecular weight is 332 g/mol. The number of rotatable bonds is 1. The number of halogens is 3. The van der Waals surface area contributed by atoms with Crippen LogP contribution in [0.3, 0.4) is 0 Å². The SMILES string of the molecule is I.N/N=C(\N)c1cc(Cl)ccc1Cl. The second-order valence-corrected chi connectivity index (χ2v) is 2.98. The van der Waals surface area contributed by atoms with Crippen LogP contribution in [0.15, 0.2) is 23.3 Å². The molecule has 1 rings (SSSR count). The van der Waals surface area contributed by atoms with E-state index >= 15 is 0 Å². The highest BCUT2D eigenvalue weighted by Gasteiger charge is 2.04. The fraction of sp³-hybridized carbons (Fsp3) is 0. The van der Waals surface area contributed by atoms with Crippen molar-refractivity contribution in [2.24, 2.45) is 16.7 Å². The third-order valence-corrected chi connectivity index (χ3v) is 1.91. The lowest BCUT2D eigenvalue weighted by atomic mass is 10.2. The minimum atomic E-state index is 0. The van der Waals surface area contributed by atoms with Crippen LogP contribution in [0.4, 0.5) is 0 Å². The van der Waals surface area contributed by atoms with Crippen molar-refractivity contribution in [3.8, 4) is 0 Å². The zero-order chi connectivity index (χ0) is 9.14.